The highest BCUT2D eigenvalue weighted by Crippen LogP contribution is 2.45. The normalized spacial score (nSPS) is 13.5. The number of amides is 1. The maximum Gasteiger partial charge on any atom is 0.255 e. The van der Waals surface area contributed by atoms with Crippen molar-refractivity contribution in [2.75, 3.05) is 12.4 Å². The standard InChI is InChI=1S/C20H18ClN3O2/c1-26-16-4-2-3-14(11-16)18-19(17(23-24-18)12-5-6-12)22-20(25)13-7-9-15(21)10-8-13/h2-4,7-12H,5-6H2,1H3,(H,22,25)(H,23,24). The molecule has 132 valence electrons. The van der Waals surface area contributed by atoms with Gasteiger partial charge >= 0.3 is 0 Å². The molecule has 3 aromatic rings. The Labute approximate surface area is 156 Å². The predicted octanol–water partition coefficient (Wildman–Crippen LogP) is 4.87. The molecule has 1 amide bonds. The lowest BCUT2D eigenvalue weighted by molar-refractivity contribution is 0.102. The fraction of sp³-hybridized carbons (Fsp3) is 0.200. The minimum Gasteiger partial charge on any atom is -0.497 e. The highest BCUT2D eigenvalue weighted by atomic mass is 35.5. The maximum atomic E-state index is 12.7. The summed E-state index contributed by atoms with van der Waals surface area (Å²) in [6.07, 6.45) is 2.20. The molecule has 0 radical (unpaired) electrons. The van der Waals surface area contributed by atoms with E-state index in [1.54, 1.807) is 31.4 Å². The molecule has 6 heteroatoms. The first-order valence-electron chi connectivity index (χ1n) is 8.45. The molecule has 0 unspecified atom stereocenters. The van der Waals surface area contributed by atoms with Crippen LogP contribution in [0.15, 0.2) is 48.5 Å². The molecule has 2 aromatic carbocycles. The molecule has 1 aromatic heterocycles. The van der Waals surface area contributed by atoms with Gasteiger partial charge in [0.2, 0.25) is 0 Å². The third kappa shape index (κ3) is 3.30. The van der Waals surface area contributed by atoms with E-state index in [-0.39, 0.29) is 5.91 Å². The lowest BCUT2D eigenvalue weighted by Gasteiger charge is -2.09. The topological polar surface area (TPSA) is 67.0 Å². The number of halogens is 1. The Kier molecular flexibility index (Phi) is 4.39. The zero-order valence-electron chi connectivity index (χ0n) is 14.3. The van der Waals surface area contributed by atoms with Crippen LogP contribution in [-0.2, 0) is 0 Å². The number of rotatable bonds is 5. The molecule has 1 aliphatic rings. The van der Waals surface area contributed by atoms with Crippen LogP contribution in [0.25, 0.3) is 11.3 Å². The summed E-state index contributed by atoms with van der Waals surface area (Å²) in [5.74, 6) is 0.977. The number of methoxy groups -OCH3 is 1. The molecule has 26 heavy (non-hydrogen) atoms. The van der Waals surface area contributed by atoms with Crippen molar-refractivity contribution in [3.63, 3.8) is 0 Å². The van der Waals surface area contributed by atoms with Crippen LogP contribution in [0.2, 0.25) is 5.02 Å². The second-order valence-corrected chi connectivity index (χ2v) is 6.76. The highest BCUT2D eigenvalue weighted by molar-refractivity contribution is 6.30. The van der Waals surface area contributed by atoms with Crippen LogP contribution in [0.3, 0.4) is 0 Å². The van der Waals surface area contributed by atoms with E-state index in [1.165, 1.54) is 0 Å². The fourth-order valence-corrected chi connectivity index (χ4v) is 3.04. The molecule has 1 heterocycles. The molecule has 0 atom stereocenters. The van der Waals surface area contributed by atoms with Crippen LogP contribution in [0, 0.1) is 0 Å². The molecule has 0 bridgehead atoms. The predicted molar refractivity (Wildman–Crippen MR) is 102 cm³/mol. The van der Waals surface area contributed by atoms with Gasteiger partial charge in [-0.25, -0.2) is 0 Å². The summed E-state index contributed by atoms with van der Waals surface area (Å²) >= 11 is 5.91. The molecule has 5 nitrogen and oxygen atoms in total. The van der Waals surface area contributed by atoms with Crippen LogP contribution in [0.1, 0.15) is 34.8 Å². The molecular weight excluding hydrogens is 350 g/mol. The quantitative estimate of drug-likeness (QED) is 0.676. The Bertz CT molecular complexity index is 946. The first-order valence-corrected chi connectivity index (χ1v) is 8.83. The number of hydrogen-bond donors (Lipinski definition) is 2. The van der Waals surface area contributed by atoms with Gasteiger partial charge in [-0.15, -0.1) is 0 Å². The van der Waals surface area contributed by atoms with Crippen molar-refractivity contribution in [1.29, 1.82) is 0 Å². The number of benzene rings is 2. The third-order valence-corrected chi connectivity index (χ3v) is 4.72. The summed E-state index contributed by atoms with van der Waals surface area (Å²) in [5.41, 5.74) is 3.87. The second kappa shape index (κ2) is 6.84. The van der Waals surface area contributed by atoms with Crippen LogP contribution < -0.4 is 10.1 Å². The number of anilines is 1. The number of nitrogens with zero attached hydrogens (tertiary/aromatic N) is 1. The van der Waals surface area contributed by atoms with E-state index in [0.717, 1.165) is 35.5 Å². The molecule has 2 N–H and O–H groups in total. The van der Waals surface area contributed by atoms with Crippen LogP contribution in [-0.4, -0.2) is 23.2 Å². The van der Waals surface area contributed by atoms with E-state index in [1.807, 2.05) is 24.3 Å². The number of aromatic amines is 1. The Morgan fingerprint density at radius 2 is 2.00 bits per heavy atom. The van der Waals surface area contributed by atoms with Crippen LogP contribution in [0.5, 0.6) is 5.75 Å². The summed E-state index contributed by atoms with van der Waals surface area (Å²) in [7, 11) is 1.63. The molecule has 4 rings (SSSR count). The number of H-pyrrole nitrogens is 1. The minimum atomic E-state index is -0.186. The van der Waals surface area contributed by atoms with Gasteiger partial charge in [-0.3, -0.25) is 9.89 Å². The third-order valence-electron chi connectivity index (χ3n) is 4.47. The van der Waals surface area contributed by atoms with Crippen molar-refractivity contribution in [2.24, 2.45) is 0 Å². The molecule has 0 aliphatic heterocycles. The van der Waals surface area contributed by atoms with Gasteiger partial charge in [0.05, 0.1) is 18.5 Å². The van der Waals surface area contributed by atoms with Crippen molar-refractivity contribution in [3.05, 3.63) is 64.8 Å². The van der Waals surface area contributed by atoms with Gasteiger partial charge in [0.25, 0.3) is 5.91 Å². The Morgan fingerprint density at radius 1 is 1.23 bits per heavy atom. The molecule has 0 spiro atoms. The van der Waals surface area contributed by atoms with E-state index in [9.17, 15) is 4.79 Å². The molecular formula is C20H18ClN3O2. The fourth-order valence-electron chi connectivity index (χ4n) is 2.92. The van der Waals surface area contributed by atoms with Crippen LogP contribution in [0.4, 0.5) is 5.69 Å². The monoisotopic (exact) mass is 367 g/mol. The van der Waals surface area contributed by atoms with E-state index in [0.29, 0.717) is 22.2 Å². The first-order chi connectivity index (χ1) is 12.7. The van der Waals surface area contributed by atoms with Gasteiger partial charge in [0.15, 0.2) is 0 Å². The first kappa shape index (κ1) is 16.7. The molecule has 1 fully saturated rings. The number of ether oxygens (including phenoxy) is 1. The van der Waals surface area contributed by atoms with E-state index in [2.05, 4.69) is 15.5 Å². The number of hydrogen-bond acceptors (Lipinski definition) is 3. The van der Waals surface area contributed by atoms with E-state index in [4.69, 9.17) is 16.3 Å². The SMILES string of the molecule is COc1cccc(-c2n[nH]c(C3CC3)c2NC(=O)c2ccc(Cl)cc2)c1. The molecule has 1 saturated carbocycles. The Morgan fingerprint density at radius 3 is 2.69 bits per heavy atom. The van der Waals surface area contributed by atoms with Crippen molar-refractivity contribution < 1.29 is 9.53 Å². The van der Waals surface area contributed by atoms with Gasteiger partial charge in [-0.1, -0.05) is 23.7 Å². The molecule has 1 aliphatic carbocycles. The van der Waals surface area contributed by atoms with Gasteiger partial charge in [0.1, 0.15) is 11.4 Å². The summed E-state index contributed by atoms with van der Waals surface area (Å²) < 4.78 is 5.31. The second-order valence-electron chi connectivity index (χ2n) is 6.33. The average Bonchev–Trinajstić information content (AvgIpc) is 3.43. The Balaban J connectivity index is 1.70. The van der Waals surface area contributed by atoms with Crippen molar-refractivity contribution >= 4 is 23.2 Å². The van der Waals surface area contributed by atoms with Gasteiger partial charge < -0.3 is 10.1 Å². The largest absolute Gasteiger partial charge is 0.497 e. The lowest BCUT2D eigenvalue weighted by Crippen LogP contribution is -2.13. The number of carbonyl (C=O) groups excluding carboxylic acids is 1. The number of nitrogens with one attached hydrogen (secondary N) is 2. The zero-order chi connectivity index (χ0) is 18.1. The number of aromatic nitrogens is 2. The lowest BCUT2D eigenvalue weighted by atomic mass is 10.1. The Hall–Kier alpha value is -2.79. The van der Waals surface area contributed by atoms with Crippen molar-refractivity contribution in [2.45, 2.75) is 18.8 Å². The minimum absolute atomic E-state index is 0.186. The highest BCUT2D eigenvalue weighted by Gasteiger charge is 2.31. The zero-order valence-corrected chi connectivity index (χ0v) is 15.0. The summed E-state index contributed by atoms with van der Waals surface area (Å²) in [6, 6.07) is 14.5. The summed E-state index contributed by atoms with van der Waals surface area (Å²) in [5, 5.41) is 11.2. The van der Waals surface area contributed by atoms with E-state index >= 15 is 0 Å². The van der Waals surface area contributed by atoms with Gasteiger partial charge in [0, 0.05) is 22.1 Å². The van der Waals surface area contributed by atoms with Crippen molar-refractivity contribution in [1.82, 2.24) is 10.2 Å². The maximum absolute atomic E-state index is 12.7. The van der Waals surface area contributed by atoms with E-state index < -0.39 is 0 Å². The smallest absolute Gasteiger partial charge is 0.255 e. The van der Waals surface area contributed by atoms with Gasteiger partial charge in [-0.05, 0) is 49.2 Å². The van der Waals surface area contributed by atoms with Crippen molar-refractivity contribution in [3.8, 4) is 17.0 Å². The average molecular weight is 368 g/mol. The summed E-state index contributed by atoms with van der Waals surface area (Å²) in [4.78, 5) is 12.7. The van der Waals surface area contributed by atoms with Gasteiger partial charge in [-0.2, -0.15) is 5.10 Å². The van der Waals surface area contributed by atoms with Crippen LogP contribution >= 0.6 is 11.6 Å². The molecule has 0 saturated heterocycles. The number of carbonyl (C=O) groups is 1. The summed E-state index contributed by atoms with van der Waals surface area (Å²) in [6.45, 7) is 0.